The zero-order valence-corrected chi connectivity index (χ0v) is 11.7. The van der Waals surface area contributed by atoms with Crippen molar-refractivity contribution in [3.8, 4) is 6.07 Å². The van der Waals surface area contributed by atoms with Gasteiger partial charge in [-0.15, -0.1) is 11.8 Å². The van der Waals surface area contributed by atoms with Gasteiger partial charge in [0.25, 0.3) is 0 Å². The van der Waals surface area contributed by atoms with Crippen LogP contribution in [-0.4, -0.2) is 34.6 Å². The minimum atomic E-state index is -5.50. The van der Waals surface area contributed by atoms with E-state index < -0.39 is 23.8 Å². The van der Waals surface area contributed by atoms with Crippen molar-refractivity contribution in [2.45, 2.75) is 36.6 Å². The summed E-state index contributed by atoms with van der Waals surface area (Å²) in [6, 6.07) is 2.02. The number of rotatable bonds is 5. The Morgan fingerprint density at radius 1 is 1.21 bits per heavy atom. The van der Waals surface area contributed by atoms with Gasteiger partial charge in [-0.1, -0.05) is 0 Å². The fourth-order valence-electron chi connectivity index (χ4n) is 1.75. The minimum absolute atomic E-state index is 0.107. The molecular weight excluding hydrogens is 305 g/mol. The van der Waals surface area contributed by atoms with E-state index in [1.165, 1.54) is 0 Å². The molecule has 1 saturated heterocycles. The first-order chi connectivity index (χ1) is 8.78. The molecule has 0 radical (unpaired) electrons. The first kappa shape index (κ1) is 16.9. The van der Waals surface area contributed by atoms with Crippen molar-refractivity contribution in [2.75, 3.05) is 17.3 Å². The summed E-state index contributed by atoms with van der Waals surface area (Å²) in [5.74, 6) is -3.07. The fourth-order valence-corrected chi connectivity index (χ4v) is 4.14. The van der Waals surface area contributed by atoms with Gasteiger partial charge in [-0.25, -0.2) is 0 Å². The molecule has 0 aromatic heterocycles. The molecular formula is C11H14F5NS2. The summed E-state index contributed by atoms with van der Waals surface area (Å²) < 4.78 is 61.3. The van der Waals surface area contributed by atoms with Crippen molar-refractivity contribution in [1.82, 2.24) is 0 Å². The summed E-state index contributed by atoms with van der Waals surface area (Å²) in [7, 11) is 0. The molecule has 1 aliphatic rings. The van der Waals surface area contributed by atoms with Crippen LogP contribution in [0.5, 0.6) is 0 Å². The van der Waals surface area contributed by atoms with Gasteiger partial charge in [-0.3, -0.25) is 0 Å². The largest absolute Gasteiger partial charge is 0.453 e. The third-order valence-corrected chi connectivity index (χ3v) is 5.29. The lowest BCUT2D eigenvalue weighted by molar-refractivity contribution is -0.282. The Bertz CT molecular complexity index is 320. The van der Waals surface area contributed by atoms with E-state index in [9.17, 15) is 22.0 Å². The van der Waals surface area contributed by atoms with Gasteiger partial charge in [0.2, 0.25) is 0 Å². The third kappa shape index (κ3) is 5.03. The van der Waals surface area contributed by atoms with Crippen molar-refractivity contribution in [3.05, 3.63) is 0 Å². The maximum absolute atomic E-state index is 12.7. The highest BCUT2D eigenvalue weighted by atomic mass is 32.2. The normalized spacial score (nSPS) is 20.0. The Labute approximate surface area is 117 Å². The van der Waals surface area contributed by atoms with E-state index in [-0.39, 0.29) is 11.7 Å². The van der Waals surface area contributed by atoms with Gasteiger partial charge in [-0.05, 0) is 30.3 Å². The third-order valence-electron chi connectivity index (χ3n) is 2.95. The summed E-state index contributed by atoms with van der Waals surface area (Å²) in [6.07, 6.45) is -5.12. The molecule has 19 heavy (non-hydrogen) atoms. The lowest BCUT2D eigenvalue weighted by Gasteiger charge is -2.26. The molecule has 1 atom stereocenters. The fraction of sp³-hybridized carbons (Fsp3) is 0.909. The highest BCUT2D eigenvalue weighted by Gasteiger charge is 2.56. The van der Waals surface area contributed by atoms with Crippen molar-refractivity contribution in [3.63, 3.8) is 0 Å². The first-order valence-corrected chi connectivity index (χ1v) is 8.02. The Morgan fingerprint density at radius 3 is 2.26 bits per heavy atom. The lowest BCUT2D eigenvalue weighted by Crippen LogP contribution is -2.37. The van der Waals surface area contributed by atoms with Gasteiger partial charge >= 0.3 is 12.1 Å². The molecule has 1 heterocycles. The van der Waals surface area contributed by atoms with Crippen LogP contribution < -0.4 is 0 Å². The average Bonchev–Trinajstić information content (AvgIpc) is 2.34. The number of hydrogen-bond acceptors (Lipinski definition) is 3. The Hall–Kier alpha value is -0.160. The van der Waals surface area contributed by atoms with Gasteiger partial charge in [0, 0.05) is 12.2 Å². The molecule has 1 rings (SSSR count). The molecule has 0 aromatic carbocycles. The lowest BCUT2D eigenvalue weighted by atomic mass is 9.99. The van der Waals surface area contributed by atoms with Gasteiger partial charge in [-0.2, -0.15) is 39.0 Å². The van der Waals surface area contributed by atoms with E-state index >= 15 is 0 Å². The summed E-state index contributed by atoms with van der Waals surface area (Å²) in [6.45, 7) is 0. The first-order valence-electron chi connectivity index (χ1n) is 5.81. The second-order valence-corrected chi connectivity index (χ2v) is 6.80. The van der Waals surface area contributed by atoms with Crippen molar-refractivity contribution >= 4 is 23.5 Å². The maximum atomic E-state index is 12.7. The molecule has 1 unspecified atom stereocenters. The molecule has 0 aliphatic carbocycles. The van der Waals surface area contributed by atoms with Crippen LogP contribution in [0.2, 0.25) is 0 Å². The van der Waals surface area contributed by atoms with E-state index in [1.54, 1.807) is 11.8 Å². The number of nitrogens with zero attached hydrogens (tertiary/aromatic N) is 1. The SMILES string of the molecule is N#CC(SCCC(F)(F)C(F)(F)F)C1CCSCC1. The quantitative estimate of drug-likeness (QED) is 0.704. The molecule has 0 spiro atoms. The second-order valence-electron chi connectivity index (χ2n) is 4.32. The summed E-state index contributed by atoms with van der Waals surface area (Å²) in [5, 5.41) is 8.50. The number of alkyl halides is 5. The number of hydrogen-bond donors (Lipinski definition) is 0. The predicted octanol–water partition coefficient (Wildman–Crippen LogP) is 4.34. The zero-order valence-electron chi connectivity index (χ0n) is 10.1. The number of thioether (sulfide) groups is 2. The summed E-state index contributed by atoms with van der Waals surface area (Å²) in [5.41, 5.74) is 0. The Kier molecular flexibility index (Phi) is 6.24. The van der Waals surface area contributed by atoms with Crippen LogP contribution in [0.4, 0.5) is 22.0 Å². The maximum Gasteiger partial charge on any atom is 0.453 e. The molecule has 0 saturated carbocycles. The molecule has 1 aliphatic heterocycles. The topological polar surface area (TPSA) is 23.8 Å². The molecule has 8 heteroatoms. The standard InChI is InChI=1S/C11H14F5NS2/c12-10(13,11(14,15)16)3-6-19-9(7-17)8-1-4-18-5-2-8/h8-9H,1-6H2. The molecule has 110 valence electrons. The van der Waals surface area contributed by atoms with Crippen molar-refractivity contribution < 1.29 is 22.0 Å². The van der Waals surface area contributed by atoms with Gasteiger partial charge in [0.05, 0.1) is 11.3 Å². The van der Waals surface area contributed by atoms with Gasteiger partial charge < -0.3 is 0 Å². The highest BCUT2D eigenvalue weighted by molar-refractivity contribution is 8.00. The smallest absolute Gasteiger partial charge is 0.197 e. The molecule has 0 aromatic rings. The van der Waals surface area contributed by atoms with E-state index in [1.807, 2.05) is 6.07 Å². The minimum Gasteiger partial charge on any atom is -0.197 e. The molecule has 1 nitrogen and oxygen atoms in total. The second kappa shape index (κ2) is 7.02. The van der Waals surface area contributed by atoms with Crippen LogP contribution >= 0.6 is 23.5 Å². The highest BCUT2D eigenvalue weighted by Crippen LogP contribution is 2.40. The van der Waals surface area contributed by atoms with Crippen LogP contribution in [0, 0.1) is 17.2 Å². The molecule has 1 fully saturated rings. The number of halogens is 5. The summed E-state index contributed by atoms with van der Waals surface area (Å²) in [4.78, 5) is 0. The van der Waals surface area contributed by atoms with Crippen LogP contribution in [0.1, 0.15) is 19.3 Å². The monoisotopic (exact) mass is 319 g/mol. The van der Waals surface area contributed by atoms with E-state index in [0.717, 1.165) is 36.1 Å². The van der Waals surface area contributed by atoms with Crippen LogP contribution in [0.15, 0.2) is 0 Å². The van der Waals surface area contributed by atoms with E-state index in [0.29, 0.717) is 0 Å². The van der Waals surface area contributed by atoms with Crippen LogP contribution in [0.25, 0.3) is 0 Å². The van der Waals surface area contributed by atoms with Crippen molar-refractivity contribution in [1.29, 1.82) is 5.26 Å². The molecule has 0 bridgehead atoms. The Balaban J connectivity index is 2.40. The van der Waals surface area contributed by atoms with Crippen molar-refractivity contribution in [2.24, 2.45) is 5.92 Å². The average molecular weight is 319 g/mol. The van der Waals surface area contributed by atoms with Gasteiger partial charge in [0.15, 0.2) is 0 Å². The number of nitriles is 1. The molecule has 0 amide bonds. The zero-order chi connectivity index (χ0) is 14.5. The Morgan fingerprint density at radius 2 is 1.79 bits per heavy atom. The van der Waals surface area contributed by atoms with E-state index in [2.05, 4.69) is 0 Å². The summed E-state index contributed by atoms with van der Waals surface area (Å²) >= 11 is 2.69. The van der Waals surface area contributed by atoms with Crippen LogP contribution in [0.3, 0.4) is 0 Å². The van der Waals surface area contributed by atoms with Gasteiger partial charge in [0.1, 0.15) is 0 Å². The predicted molar refractivity (Wildman–Crippen MR) is 67.5 cm³/mol. The van der Waals surface area contributed by atoms with Crippen LogP contribution in [-0.2, 0) is 0 Å². The van der Waals surface area contributed by atoms with E-state index in [4.69, 9.17) is 5.26 Å². The molecule has 0 N–H and O–H groups in total.